The van der Waals surface area contributed by atoms with E-state index < -0.39 is 34.4 Å². The van der Waals surface area contributed by atoms with Crippen LogP contribution in [0, 0.1) is 0 Å². The molecular formula is C7H3ClF5NO. The second kappa shape index (κ2) is 3.80. The lowest BCUT2D eigenvalue weighted by molar-refractivity contribution is -0.139. The van der Waals surface area contributed by atoms with E-state index in [0.717, 1.165) is 0 Å². The van der Waals surface area contributed by atoms with Crippen LogP contribution in [0.3, 0.4) is 0 Å². The van der Waals surface area contributed by atoms with Gasteiger partial charge in [0.1, 0.15) is 5.15 Å². The van der Waals surface area contributed by atoms with E-state index in [1.807, 2.05) is 0 Å². The van der Waals surface area contributed by atoms with Crippen molar-refractivity contribution >= 4 is 11.6 Å². The van der Waals surface area contributed by atoms with Gasteiger partial charge in [0.05, 0.1) is 11.1 Å². The van der Waals surface area contributed by atoms with Crippen molar-refractivity contribution in [1.29, 1.82) is 0 Å². The zero-order chi connectivity index (χ0) is 11.8. The fourth-order valence-corrected chi connectivity index (χ4v) is 1.26. The first kappa shape index (κ1) is 12.0. The molecule has 8 heteroatoms. The number of aromatic nitrogens is 1. The zero-order valence-corrected chi connectivity index (χ0v) is 7.59. The molecule has 0 bridgehead atoms. The molecule has 1 N–H and O–H groups in total. The van der Waals surface area contributed by atoms with Gasteiger partial charge in [0.25, 0.3) is 6.43 Å². The van der Waals surface area contributed by atoms with Gasteiger partial charge in [-0.15, -0.1) is 0 Å². The molecule has 0 aliphatic carbocycles. The maximum Gasteiger partial charge on any atom is 0.417 e. The van der Waals surface area contributed by atoms with E-state index >= 15 is 0 Å². The Bertz CT molecular complexity index is 424. The highest BCUT2D eigenvalue weighted by Crippen LogP contribution is 2.37. The third-order valence-electron chi connectivity index (χ3n) is 1.56. The Hall–Kier alpha value is -1.11. The summed E-state index contributed by atoms with van der Waals surface area (Å²) in [6, 6.07) is 0.0490. The van der Waals surface area contributed by atoms with E-state index in [1.165, 1.54) is 0 Å². The number of aromatic amines is 1. The lowest BCUT2D eigenvalue weighted by Gasteiger charge is -2.12. The summed E-state index contributed by atoms with van der Waals surface area (Å²) in [4.78, 5) is 12.3. The van der Waals surface area contributed by atoms with Crippen LogP contribution < -0.4 is 5.56 Å². The number of H-pyrrole nitrogens is 1. The maximum atomic E-state index is 12.2. The summed E-state index contributed by atoms with van der Waals surface area (Å²) in [5.74, 6) is 0. The van der Waals surface area contributed by atoms with Gasteiger partial charge in [0.2, 0.25) is 5.56 Å². The van der Waals surface area contributed by atoms with Crippen LogP contribution >= 0.6 is 11.6 Å². The first-order chi connectivity index (χ1) is 6.73. The van der Waals surface area contributed by atoms with E-state index in [4.69, 9.17) is 11.6 Å². The van der Waals surface area contributed by atoms with Crippen LogP contribution in [0.5, 0.6) is 0 Å². The Kier molecular flexibility index (Phi) is 3.03. The Morgan fingerprint density at radius 2 is 1.87 bits per heavy atom. The fraction of sp³-hybridized carbons (Fsp3) is 0.286. The summed E-state index contributed by atoms with van der Waals surface area (Å²) in [5.41, 5.74) is -4.31. The van der Waals surface area contributed by atoms with Crippen LogP contribution in [0.1, 0.15) is 17.6 Å². The van der Waals surface area contributed by atoms with Crippen LogP contribution in [-0.4, -0.2) is 4.98 Å². The summed E-state index contributed by atoms with van der Waals surface area (Å²) in [6.45, 7) is 0. The van der Waals surface area contributed by atoms with Gasteiger partial charge in [-0.3, -0.25) is 4.79 Å². The van der Waals surface area contributed by atoms with Gasteiger partial charge < -0.3 is 4.98 Å². The third-order valence-corrected chi connectivity index (χ3v) is 1.86. The van der Waals surface area contributed by atoms with Crippen molar-refractivity contribution in [2.45, 2.75) is 12.6 Å². The molecule has 0 unspecified atom stereocenters. The average Bonchev–Trinajstić information content (AvgIpc) is 1.99. The molecule has 0 spiro atoms. The van der Waals surface area contributed by atoms with Gasteiger partial charge >= 0.3 is 6.18 Å². The maximum absolute atomic E-state index is 12.2. The molecule has 1 heterocycles. The van der Waals surface area contributed by atoms with Gasteiger partial charge in [0.15, 0.2) is 0 Å². The van der Waals surface area contributed by atoms with Gasteiger partial charge in [-0.2, -0.15) is 13.2 Å². The molecule has 84 valence electrons. The summed E-state index contributed by atoms with van der Waals surface area (Å²) >= 11 is 5.10. The van der Waals surface area contributed by atoms with Crippen molar-refractivity contribution in [3.8, 4) is 0 Å². The summed E-state index contributed by atoms with van der Waals surface area (Å²) in [6.07, 6.45) is -8.45. The molecular weight excluding hydrogens is 245 g/mol. The second-order valence-electron chi connectivity index (χ2n) is 2.57. The topological polar surface area (TPSA) is 32.9 Å². The van der Waals surface area contributed by atoms with E-state index in [0.29, 0.717) is 0 Å². The standard InChI is InChI=1S/C7H3ClF5NO/c8-5-4(6(9)10)2(7(11,12)13)1-3(15)14-5/h1,6H,(H,14,15). The Labute approximate surface area is 84.7 Å². The predicted molar refractivity (Wildman–Crippen MR) is 42.0 cm³/mol. The van der Waals surface area contributed by atoms with Crippen LogP contribution in [0.4, 0.5) is 22.0 Å². The molecule has 0 atom stereocenters. The lowest BCUT2D eigenvalue weighted by Crippen LogP contribution is -2.17. The molecule has 0 fully saturated rings. The molecule has 1 aromatic rings. The van der Waals surface area contributed by atoms with Crippen molar-refractivity contribution in [3.63, 3.8) is 0 Å². The van der Waals surface area contributed by atoms with Crippen LogP contribution in [0.25, 0.3) is 0 Å². The van der Waals surface area contributed by atoms with Crippen molar-refractivity contribution in [2.75, 3.05) is 0 Å². The molecule has 0 saturated heterocycles. The lowest BCUT2D eigenvalue weighted by atomic mass is 10.1. The number of hydrogen-bond acceptors (Lipinski definition) is 1. The molecule has 0 aliphatic rings. The summed E-state index contributed by atoms with van der Waals surface area (Å²) in [7, 11) is 0. The third kappa shape index (κ3) is 2.47. The normalized spacial score (nSPS) is 12.2. The van der Waals surface area contributed by atoms with E-state index in [-0.39, 0.29) is 6.07 Å². The minimum atomic E-state index is -5.04. The molecule has 0 amide bonds. The highest BCUT2D eigenvalue weighted by molar-refractivity contribution is 6.30. The highest BCUT2D eigenvalue weighted by atomic mass is 35.5. The number of hydrogen-bond donors (Lipinski definition) is 1. The smallest absolute Gasteiger partial charge is 0.313 e. The van der Waals surface area contributed by atoms with E-state index in [1.54, 1.807) is 4.98 Å². The molecule has 0 saturated carbocycles. The van der Waals surface area contributed by atoms with E-state index in [2.05, 4.69) is 0 Å². The number of halogens is 6. The zero-order valence-electron chi connectivity index (χ0n) is 6.83. The minimum absolute atomic E-state index is 0.0490. The number of nitrogens with one attached hydrogen (secondary N) is 1. The quantitative estimate of drug-likeness (QED) is 0.601. The Morgan fingerprint density at radius 1 is 1.33 bits per heavy atom. The van der Waals surface area contributed by atoms with Crippen LogP contribution in [-0.2, 0) is 6.18 Å². The number of pyridine rings is 1. The largest absolute Gasteiger partial charge is 0.417 e. The highest BCUT2D eigenvalue weighted by Gasteiger charge is 2.37. The monoisotopic (exact) mass is 247 g/mol. The first-order valence-corrected chi connectivity index (χ1v) is 3.89. The number of rotatable bonds is 1. The van der Waals surface area contributed by atoms with Crippen molar-refractivity contribution in [1.82, 2.24) is 4.98 Å². The second-order valence-corrected chi connectivity index (χ2v) is 2.95. The van der Waals surface area contributed by atoms with Gasteiger partial charge in [-0.1, -0.05) is 11.6 Å². The van der Waals surface area contributed by atoms with Crippen molar-refractivity contribution in [2.24, 2.45) is 0 Å². The van der Waals surface area contributed by atoms with Gasteiger partial charge in [-0.05, 0) is 0 Å². The predicted octanol–water partition coefficient (Wildman–Crippen LogP) is 2.98. The molecule has 0 aromatic carbocycles. The Morgan fingerprint density at radius 3 is 2.27 bits per heavy atom. The molecule has 0 aliphatic heterocycles. The average molecular weight is 248 g/mol. The number of alkyl halides is 5. The Balaban J connectivity index is 3.55. The molecule has 1 rings (SSSR count). The minimum Gasteiger partial charge on any atom is -0.313 e. The molecule has 15 heavy (non-hydrogen) atoms. The van der Waals surface area contributed by atoms with Crippen LogP contribution in [0.2, 0.25) is 5.15 Å². The van der Waals surface area contributed by atoms with Crippen LogP contribution in [0.15, 0.2) is 10.9 Å². The van der Waals surface area contributed by atoms with Gasteiger partial charge in [0, 0.05) is 6.07 Å². The molecule has 2 nitrogen and oxygen atoms in total. The van der Waals surface area contributed by atoms with Crippen molar-refractivity contribution < 1.29 is 22.0 Å². The molecule has 1 aromatic heterocycles. The van der Waals surface area contributed by atoms with Gasteiger partial charge in [-0.25, -0.2) is 8.78 Å². The summed E-state index contributed by atoms with van der Waals surface area (Å²) in [5, 5.41) is -0.996. The fourth-order valence-electron chi connectivity index (χ4n) is 0.987. The van der Waals surface area contributed by atoms with E-state index in [9.17, 15) is 26.7 Å². The first-order valence-electron chi connectivity index (χ1n) is 3.51. The molecule has 0 radical (unpaired) electrons. The summed E-state index contributed by atoms with van der Waals surface area (Å²) < 4.78 is 61.2. The van der Waals surface area contributed by atoms with Crippen molar-refractivity contribution in [3.05, 3.63) is 32.7 Å². The SMILES string of the molecule is O=c1cc(C(F)(F)F)c(C(F)F)c(Cl)[nH]1.